The van der Waals surface area contributed by atoms with Crippen molar-refractivity contribution in [1.82, 2.24) is 10.3 Å². The lowest BCUT2D eigenvalue weighted by molar-refractivity contribution is 0.0946. The molecule has 2 aromatic rings. The quantitative estimate of drug-likeness (QED) is 0.903. The standard InChI is InChI=1S/C18H21N3O3/c1-18(2,3)21-13-6-7-19-14(9-13)17(22)20-10-12-4-5-15-16(8-12)24-11-23-15/h4-9H,10-11H2,1-3H3,(H,19,21)(H,20,22). The Balaban J connectivity index is 1.64. The van der Waals surface area contributed by atoms with E-state index in [-0.39, 0.29) is 18.2 Å². The number of carbonyl (C=O) groups excluding carboxylic acids is 1. The van der Waals surface area contributed by atoms with Gasteiger partial charge in [-0.1, -0.05) is 6.07 Å². The van der Waals surface area contributed by atoms with E-state index in [1.54, 1.807) is 12.3 Å². The number of hydrogen-bond acceptors (Lipinski definition) is 5. The van der Waals surface area contributed by atoms with E-state index < -0.39 is 0 Å². The van der Waals surface area contributed by atoms with Gasteiger partial charge in [0.2, 0.25) is 6.79 Å². The molecule has 0 aliphatic carbocycles. The fourth-order valence-electron chi connectivity index (χ4n) is 2.39. The highest BCUT2D eigenvalue weighted by molar-refractivity contribution is 5.93. The minimum absolute atomic E-state index is 0.0818. The van der Waals surface area contributed by atoms with Crippen molar-refractivity contribution in [3.63, 3.8) is 0 Å². The number of aromatic nitrogens is 1. The molecule has 0 atom stereocenters. The molecule has 0 fully saturated rings. The van der Waals surface area contributed by atoms with Crippen molar-refractivity contribution in [3.05, 3.63) is 47.8 Å². The number of anilines is 1. The Labute approximate surface area is 141 Å². The van der Waals surface area contributed by atoms with Crippen LogP contribution in [0.5, 0.6) is 11.5 Å². The summed E-state index contributed by atoms with van der Waals surface area (Å²) in [7, 11) is 0. The van der Waals surface area contributed by atoms with Crippen LogP contribution in [0.1, 0.15) is 36.8 Å². The summed E-state index contributed by atoms with van der Waals surface area (Å²) < 4.78 is 10.6. The van der Waals surface area contributed by atoms with E-state index in [1.165, 1.54) is 0 Å². The lowest BCUT2D eigenvalue weighted by Crippen LogP contribution is -2.27. The van der Waals surface area contributed by atoms with Crippen LogP contribution in [0.4, 0.5) is 5.69 Å². The summed E-state index contributed by atoms with van der Waals surface area (Å²) in [6.07, 6.45) is 1.63. The van der Waals surface area contributed by atoms with Gasteiger partial charge >= 0.3 is 0 Å². The first-order valence-electron chi connectivity index (χ1n) is 7.82. The monoisotopic (exact) mass is 327 g/mol. The Bertz CT molecular complexity index is 753. The van der Waals surface area contributed by atoms with Gasteiger partial charge in [-0.3, -0.25) is 9.78 Å². The van der Waals surface area contributed by atoms with Crippen LogP contribution in [0.25, 0.3) is 0 Å². The van der Waals surface area contributed by atoms with E-state index in [9.17, 15) is 4.79 Å². The highest BCUT2D eigenvalue weighted by atomic mass is 16.7. The molecule has 2 N–H and O–H groups in total. The summed E-state index contributed by atoms with van der Waals surface area (Å²) in [5.74, 6) is 1.22. The molecule has 1 aromatic heterocycles. The van der Waals surface area contributed by atoms with E-state index in [2.05, 4.69) is 36.4 Å². The lowest BCUT2D eigenvalue weighted by atomic mass is 10.1. The first kappa shape index (κ1) is 16.1. The zero-order chi connectivity index (χ0) is 17.2. The topological polar surface area (TPSA) is 72.5 Å². The first-order valence-corrected chi connectivity index (χ1v) is 7.82. The Hall–Kier alpha value is -2.76. The zero-order valence-electron chi connectivity index (χ0n) is 14.1. The molecule has 1 aliphatic heterocycles. The second kappa shape index (κ2) is 6.39. The van der Waals surface area contributed by atoms with E-state index in [0.717, 1.165) is 17.0 Å². The van der Waals surface area contributed by atoms with Gasteiger partial charge in [0.1, 0.15) is 5.69 Å². The summed E-state index contributed by atoms with van der Waals surface area (Å²) in [5.41, 5.74) is 2.11. The highest BCUT2D eigenvalue weighted by Crippen LogP contribution is 2.32. The molecule has 126 valence electrons. The van der Waals surface area contributed by atoms with Crippen molar-refractivity contribution in [2.24, 2.45) is 0 Å². The first-order chi connectivity index (χ1) is 11.4. The maximum Gasteiger partial charge on any atom is 0.270 e. The van der Waals surface area contributed by atoms with Crippen LogP contribution in [-0.4, -0.2) is 23.2 Å². The third-order valence-corrected chi connectivity index (χ3v) is 3.40. The summed E-state index contributed by atoms with van der Waals surface area (Å²) in [5, 5.41) is 6.20. The van der Waals surface area contributed by atoms with E-state index in [0.29, 0.717) is 18.0 Å². The van der Waals surface area contributed by atoms with Crippen LogP contribution >= 0.6 is 0 Å². The lowest BCUT2D eigenvalue weighted by Gasteiger charge is -2.22. The third kappa shape index (κ3) is 3.95. The second-order valence-corrected chi connectivity index (χ2v) is 6.68. The number of carbonyl (C=O) groups is 1. The fraction of sp³-hybridized carbons (Fsp3) is 0.333. The molecule has 6 heteroatoms. The minimum Gasteiger partial charge on any atom is -0.454 e. The molecule has 2 heterocycles. The van der Waals surface area contributed by atoms with Gasteiger partial charge in [0.25, 0.3) is 5.91 Å². The average Bonchev–Trinajstić information content (AvgIpc) is 2.98. The van der Waals surface area contributed by atoms with Gasteiger partial charge in [0.05, 0.1) is 0 Å². The molecule has 6 nitrogen and oxygen atoms in total. The van der Waals surface area contributed by atoms with Gasteiger partial charge in [-0.05, 0) is 50.6 Å². The number of hydrogen-bond donors (Lipinski definition) is 2. The van der Waals surface area contributed by atoms with Crippen molar-refractivity contribution >= 4 is 11.6 Å². The number of rotatable bonds is 4. The maximum absolute atomic E-state index is 12.3. The predicted molar refractivity (Wildman–Crippen MR) is 91.3 cm³/mol. The van der Waals surface area contributed by atoms with Crippen molar-refractivity contribution in [3.8, 4) is 11.5 Å². The molecule has 3 rings (SSSR count). The summed E-state index contributed by atoms with van der Waals surface area (Å²) >= 11 is 0. The number of pyridine rings is 1. The van der Waals surface area contributed by atoms with Crippen molar-refractivity contribution < 1.29 is 14.3 Å². The van der Waals surface area contributed by atoms with Gasteiger partial charge in [0.15, 0.2) is 11.5 Å². The molecule has 24 heavy (non-hydrogen) atoms. The largest absolute Gasteiger partial charge is 0.454 e. The van der Waals surface area contributed by atoms with Crippen LogP contribution in [-0.2, 0) is 6.54 Å². The van der Waals surface area contributed by atoms with E-state index >= 15 is 0 Å². The number of ether oxygens (including phenoxy) is 2. The molecule has 0 spiro atoms. The molecular formula is C18H21N3O3. The number of nitrogens with zero attached hydrogens (tertiary/aromatic N) is 1. The Morgan fingerprint density at radius 1 is 1.17 bits per heavy atom. The minimum atomic E-state index is -0.217. The molecule has 0 radical (unpaired) electrons. The van der Waals surface area contributed by atoms with Gasteiger partial charge in [-0.2, -0.15) is 0 Å². The number of fused-ring (bicyclic) bond motifs is 1. The zero-order valence-corrected chi connectivity index (χ0v) is 14.1. The van der Waals surface area contributed by atoms with Crippen LogP contribution in [0.15, 0.2) is 36.5 Å². The molecule has 0 unspecified atom stereocenters. The molecule has 1 aromatic carbocycles. The number of amides is 1. The molecular weight excluding hydrogens is 306 g/mol. The summed E-state index contributed by atoms with van der Waals surface area (Å²) in [4.78, 5) is 16.5. The summed E-state index contributed by atoms with van der Waals surface area (Å²) in [6.45, 7) is 6.82. The van der Waals surface area contributed by atoms with Gasteiger partial charge < -0.3 is 20.1 Å². The van der Waals surface area contributed by atoms with Crippen LogP contribution in [0, 0.1) is 0 Å². The van der Waals surface area contributed by atoms with Crippen LogP contribution in [0.2, 0.25) is 0 Å². The SMILES string of the molecule is CC(C)(C)Nc1ccnc(C(=O)NCc2ccc3c(c2)OCO3)c1. The summed E-state index contributed by atoms with van der Waals surface area (Å²) in [6, 6.07) is 9.21. The predicted octanol–water partition coefficient (Wildman–Crippen LogP) is 2.95. The number of nitrogens with one attached hydrogen (secondary N) is 2. The van der Waals surface area contributed by atoms with Crippen molar-refractivity contribution in [2.45, 2.75) is 32.9 Å². The van der Waals surface area contributed by atoms with Crippen LogP contribution < -0.4 is 20.1 Å². The fourth-order valence-corrected chi connectivity index (χ4v) is 2.39. The van der Waals surface area contributed by atoms with Gasteiger partial charge in [-0.15, -0.1) is 0 Å². The van der Waals surface area contributed by atoms with E-state index in [4.69, 9.17) is 9.47 Å². The average molecular weight is 327 g/mol. The smallest absolute Gasteiger partial charge is 0.270 e. The van der Waals surface area contributed by atoms with Gasteiger partial charge in [-0.25, -0.2) is 0 Å². The number of benzene rings is 1. The molecule has 0 bridgehead atoms. The Morgan fingerprint density at radius 3 is 2.75 bits per heavy atom. The van der Waals surface area contributed by atoms with Crippen molar-refractivity contribution in [2.75, 3.05) is 12.1 Å². The Kier molecular flexibility index (Phi) is 4.29. The molecule has 1 aliphatic rings. The van der Waals surface area contributed by atoms with Crippen molar-refractivity contribution in [1.29, 1.82) is 0 Å². The van der Waals surface area contributed by atoms with Gasteiger partial charge in [0, 0.05) is 24.0 Å². The third-order valence-electron chi connectivity index (χ3n) is 3.40. The van der Waals surface area contributed by atoms with Crippen LogP contribution in [0.3, 0.4) is 0 Å². The second-order valence-electron chi connectivity index (χ2n) is 6.68. The molecule has 1 amide bonds. The molecule has 0 saturated heterocycles. The maximum atomic E-state index is 12.3. The van der Waals surface area contributed by atoms with E-state index in [1.807, 2.05) is 24.3 Å². The molecule has 0 saturated carbocycles. The Morgan fingerprint density at radius 2 is 1.96 bits per heavy atom. The normalized spacial score (nSPS) is 12.8. The highest BCUT2D eigenvalue weighted by Gasteiger charge is 2.15.